The highest BCUT2D eigenvalue weighted by Gasteiger charge is 2.25. The van der Waals surface area contributed by atoms with Crippen LogP contribution in [0.5, 0.6) is 0 Å². The third kappa shape index (κ3) is 5.67. The summed E-state index contributed by atoms with van der Waals surface area (Å²) in [7, 11) is 0. The van der Waals surface area contributed by atoms with Crippen LogP contribution in [0.3, 0.4) is 0 Å². The molecule has 0 bridgehead atoms. The van der Waals surface area contributed by atoms with Crippen LogP contribution < -0.4 is 0 Å². The van der Waals surface area contributed by atoms with E-state index in [0.29, 0.717) is 12.3 Å². The molecule has 1 aliphatic rings. The van der Waals surface area contributed by atoms with E-state index in [9.17, 15) is 4.39 Å². The second kappa shape index (κ2) is 9.87. The summed E-state index contributed by atoms with van der Waals surface area (Å²) in [6.07, 6.45) is 5.36. The number of hydrogen-bond acceptors (Lipinski definition) is 1. The van der Waals surface area contributed by atoms with Gasteiger partial charge in [0.15, 0.2) is 0 Å². The Labute approximate surface area is 158 Å². The Kier molecular flexibility index (Phi) is 7.25. The minimum absolute atomic E-state index is 0.435. The number of benzene rings is 2. The minimum atomic E-state index is -0.589. The van der Waals surface area contributed by atoms with Crippen molar-refractivity contribution in [1.29, 1.82) is 0 Å². The highest BCUT2D eigenvalue weighted by Crippen LogP contribution is 2.36. The van der Waals surface area contributed by atoms with Gasteiger partial charge in [-0.25, -0.2) is 4.39 Å². The van der Waals surface area contributed by atoms with Crippen molar-refractivity contribution in [3.05, 3.63) is 71.3 Å². The van der Waals surface area contributed by atoms with Gasteiger partial charge in [-0.05, 0) is 74.2 Å². The molecule has 0 radical (unpaired) electrons. The van der Waals surface area contributed by atoms with Crippen LogP contribution in [-0.4, -0.2) is 24.2 Å². The number of rotatable bonds is 9. The Morgan fingerprint density at radius 2 is 1.69 bits per heavy atom. The van der Waals surface area contributed by atoms with E-state index in [4.69, 9.17) is 0 Å². The van der Waals surface area contributed by atoms with Gasteiger partial charge >= 0.3 is 0 Å². The molecule has 0 saturated heterocycles. The molecule has 0 spiro atoms. The highest BCUT2D eigenvalue weighted by molar-refractivity contribution is 5.26. The summed E-state index contributed by atoms with van der Waals surface area (Å²) in [5.74, 6) is 0.435. The molecule has 1 aliphatic carbocycles. The van der Waals surface area contributed by atoms with Gasteiger partial charge in [-0.3, -0.25) is 4.90 Å². The molecule has 140 valence electrons. The average Bonchev–Trinajstić information content (AvgIpc) is 3.10. The lowest BCUT2D eigenvalue weighted by Gasteiger charge is -2.22. The number of halogens is 1. The monoisotopic (exact) mass is 353 g/mol. The Morgan fingerprint density at radius 1 is 0.923 bits per heavy atom. The average molecular weight is 354 g/mol. The molecule has 0 aromatic heterocycles. The van der Waals surface area contributed by atoms with Gasteiger partial charge in [0.25, 0.3) is 0 Å². The zero-order chi connectivity index (χ0) is 18.2. The molecule has 0 aliphatic heterocycles. The summed E-state index contributed by atoms with van der Waals surface area (Å²) < 4.78 is 13.4. The number of alkyl halides is 1. The lowest BCUT2D eigenvalue weighted by molar-refractivity contribution is 0.262. The lowest BCUT2D eigenvalue weighted by atomic mass is 9.96. The fourth-order valence-electron chi connectivity index (χ4n) is 4.12. The van der Waals surface area contributed by atoms with E-state index < -0.39 is 6.17 Å². The van der Waals surface area contributed by atoms with Gasteiger partial charge in [0.05, 0.1) is 0 Å². The molecule has 1 fully saturated rings. The van der Waals surface area contributed by atoms with Crippen molar-refractivity contribution in [1.82, 2.24) is 4.90 Å². The Hall–Kier alpha value is -1.67. The molecule has 2 aromatic carbocycles. The van der Waals surface area contributed by atoms with Gasteiger partial charge in [-0.15, -0.1) is 0 Å². The Morgan fingerprint density at radius 3 is 2.35 bits per heavy atom. The molecule has 3 rings (SSSR count). The van der Waals surface area contributed by atoms with Crippen LogP contribution in [0, 0.1) is 0 Å². The number of nitrogens with zero attached hydrogens (tertiary/aromatic N) is 1. The fourth-order valence-corrected chi connectivity index (χ4v) is 4.12. The van der Waals surface area contributed by atoms with E-state index in [0.717, 1.165) is 38.9 Å². The maximum atomic E-state index is 13.4. The van der Waals surface area contributed by atoms with Crippen molar-refractivity contribution in [2.45, 2.75) is 64.1 Å². The first kappa shape index (κ1) is 19.1. The van der Waals surface area contributed by atoms with Gasteiger partial charge in [-0.1, -0.05) is 61.5 Å². The van der Waals surface area contributed by atoms with Crippen molar-refractivity contribution in [3.8, 4) is 0 Å². The number of aryl methyl sites for hydroxylation is 1. The summed E-state index contributed by atoms with van der Waals surface area (Å²) in [4.78, 5) is 2.56. The molecular weight excluding hydrogens is 321 g/mol. The largest absolute Gasteiger partial charge is 0.299 e. The minimum Gasteiger partial charge on any atom is -0.299 e. The van der Waals surface area contributed by atoms with E-state index in [2.05, 4.69) is 66.4 Å². The van der Waals surface area contributed by atoms with Gasteiger partial charge < -0.3 is 0 Å². The van der Waals surface area contributed by atoms with Crippen molar-refractivity contribution >= 4 is 0 Å². The van der Waals surface area contributed by atoms with E-state index >= 15 is 0 Å². The quantitative estimate of drug-likeness (QED) is 0.523. The van der Waals surface area contributed by atoms with Crippen molar-refractivity contribution in [2.75, 3.05) is 13.1 Å². The Balaban J connectivity index is 1.46. The first-order valence-electron chi connectivity index (χ1n) is 10.2. The fraction of sp³-hybridized carbons (Fsp3) is 0.500. The molecule has 2 unspecified atom stereocenters. The summed E-state index contributed by atoms with van der Waals surface area (Å²) in [5, 5.41) is 0. The van der Waals surface area contributed by atoms with Crippen LogP contribution in [0.2, 0.25) is 0 Å². The second-order valence-electron chi connectivity index (χ2n) is 7.71. The van der Waals surface area contributed by atoms with Crippen molar-refractivity contribution < 1.29 is 4.39 Å². The highest BCUT2D eigenvalue weighted by atomic mass is 19.1. The molecular formula is C24H32FN. The second-order valence-corrected chi connectivity index (χ2v) is 7.71. The van der Waals surface area contributed by atoms with Crippen LogP contribution in [0.1, 0.15) is 61.6 Å². The summed E-state index contributed by atoms with van der Waals surface area (Å²) in [6, 6.07) is 19.7. The Bertz CT molecular complexity index is 637. The molecule has 26 heavy (non-hydrogen) atoms. The van der Waals surface area contributed by atoms with Gasteiger partial charge in [0.1, 0.15) is 6.17 Å². The maximum absolute atomic E-state index is 13.4. The van der Waals surface area contributed by atoms with Crippen LogP contribution >= 0.6 is 0 Å². The van der Waals surface area contributed by atoms with E-state index in [1.807, 2.05) is 0 Å². The summed E-state index contributed by atoms with van der Waals surface area (Å²) in [5.41, 5.74) is 4.12. The third-order valence-corrected chi connectivity index (χ3v) is 5.55. The van der Waals surface area contributed by atoms with E-state index in [-0.39, 0.29) is 0 Å². The SMILES string of the molecule is CCCN(CCCc1ccc(C2CCC(F)C2)cc1)Cc1ccccc1. The maximum Gasteiger partial charge on any atom is 0.101 e. The molecule has 2 heteroatoms. The first-order valence-corrected chi connectivity index (χ1v) is 10.2. The van der Waals surface area contributed by atoms with Gasteiger partial charge in [-0.2, -0.15) is 0 Å². The van der Waals surface area contributed by atoms with Crippen LogP contribution in [0.15, 0.2) is 54.6 Å². The topological polar surface area (TPSA) is 3.24 Å². The van der Waals surface area contributed by atoms with E-state index in [1.165, 1.54) is 29.5 Å². The molecule has 2 aromatic rings. The van der Waals surface area contributed by atoms with E-state index in [1.54, 1.807) is 0 Å². The molecule has 0 heterocycles. The molecule has 1 nitrogen and oxygen atoms in total. The van der Waals surface area contributed by atoms with Crippen molar-refractivity contribution in [3.63, 3.8) is 0 Å². The third-order valence-electron chi connectivity index (χ3n) is 5.55. The molecule has 1 saturated carbocycles. The normalized spacial score (nSPS) is 20.0. The van der Waals surface area contributed by atoms with Gasteiger partial charge in [0, 0.05) is 6.54 Å². The summed E-state index contributed by atoms with van der Waals surface area (Å²) in [6.45, 7) is 5.58. The first-order chi connectivity index (χ1) is 12.7. The van der Waals surface area contributed by atoms with Crippen molar-refractivity contribution in [2.24, 2.45) is 0 Å². The van der Waals surface area contributed by atoms with Gasteiger partial charge in [0.2, 0.25) is 0 Å². The van der Waals surface area contributed by atoms with Crippen LogP contribution in [0.25, 0.3) is 0 Å². The molecule has 0 N–H and O–H groups in total. The standard InChI is InChI=1S/C24H32FN/c1-2-16-26(19-21-7-4-3-5-8-21)17-6-9-20-10-12-22(13-11-20)23-14-15-24(25)18-23/h3-5,7-8,10-13,23-24H,2,6,9,14-19H2,1H3. The lowest BCUT2D eigenvalue weighted by Crippen LogP contribution is -2.25. The zero-order valence-electron chi connectivity index (χ0n) is 16.0. The number of hydrogen-bond donors (Lipinski definition) is 0. The molecule has 2 atom stereocenters. The zero-order valence-corrected chi connectivity index (χ0v) is 16.0. The predicted octanol–water partition coefficient (Wildman–Crippen LogP) is 6.14. The predicted molar refractivity (Wildman–Crippen MR) is 108 cm³/mol. The molecule has 0 amide bonds. The van der Waals surface area contributed by atoms with Crippen LogP contribution in [-0.2, 0) is 13.0 Å². The summed E-state index contributed by atoms with van der Waals surface area (Å²) >= 11 is 0. The van der Waals surface area contributed by atoms with Crippen LogP contribution in [0.4, 0.5) is 4.39 Å². The smallest absolute Gasteiger partial charge is 0.101 e.